The SMILES string of the molecule is Cc1cc(Cl)ccc1S(=O)(=O)N(CC(=O)O)C(C)C. The molecule has 106 valence electrons. The van der Waals surface area contributed by atoms with E-state index in [1.54, 1.807) is 20.8 Å². The number of halogens is 1. The molecule has 0 aliphatic rings. The van der Waals surface area contributed by atoms with Gasteiger partial charge in [0.05, 0.1) is 4.90 Å². The van der Waals surface area contributed by atoms with Crippen LogP contribution in [0.2, 0.25) is 5.02 Å². The first kappa shape index (κ1) is 15.9. The number of hydrogen-bond donors (Lipinski definition) is 1. The van der Waals surface area contributed by atoms with E-state index >= 15 is 0 Å². The average Bonchev–Trinajstić information content (AvgIpc) is 2.24. The lowest BCUT2D eigenvalue weighted by molar-refractivity contribution is -0.137. The third-order valence-electron chi connectivity index (χ3n) is 2.59. The maximum atomic E-state index is 12.5. The first-order valence-electron chi connectivity index (χ1n) is 5.66. The minimum absolute atomic E-state index is 0.0758. The lowest BCUT2D eigenvalue weighted by Gasteiger charge is -2.24. The molecule has 1 N–H and O–H groups in total. The van der Waals surface area contributed by atoms with Gasteiger partial charge in [-0.1, -0.05) is 11.6 Å². The summed E-state index contributed by atoms with van der Waals surface area (Å²) in [6, 6.07) is 3.95. The zero-order valence-corrected chi connectivity index (χ0v) is 12.5. The fourth-order valence-corrected chi connectivity index (χ4v) is 3.73. The Labute approximate surface area is 117 Å². The van der Waals surface area contributed by atoms with Crippen LogP contribution in [0.3, 0.4) is 0 Å². The highest BCUT2D eigenvalue weighted by atomic mass is 35.5. The summed E-state index contributed by atoms with van der Waals surface area (Å²) in [5.41, 5.74) is 0.489. The van der Waals surface area contributed by atoms with Crippen LogP contribution in [-0.4, -0.2) is 36.4 Å². The van der Waals surface area contributed by atoms with E-state index in [4.69, 9.17) is 16.7 Å². The fourth-order valence-electron chi connectivity index (χ4n) is 1.71. The molecule has 0 aliphatic carbocycles. The molecule has 5 nitrogen and oxygen atoms in total. The van der Waals surface area contributed by atoms with E-state index in [9.17, 15) is 13.2 Å². The standard InChI is InChI=1S/C12H16ClNO4S/c1-8(2)14(7-12(15)16)19(17,18)11-5-4-10(13)6-9(11)3/h4-6,8H,7H2,1-3H3,(H,15,16). The topological polar surface area (TPSA) is 74.7 Å². The van der Waals surface area contributed by atoms with Crippen LogP contribution >= 0.6 is 11.6 Å². The highest BCUT2D eigenvalue weighted by Gasteiger charge is 2.30. The summed E-state index contributed by atoms with van der Waals surface area (Å²) >= 11 is 5.79. The maximum absolute atomic E-state index is 12.5. The number of carboxylic acid groups (broad SMARTS) is 1. The summed E-state index contributed by atoms with van der Waals surface area (Å²) in [5, 5.41) is 9.27. The molecule has 0 radical (unpaired) electrons. The van der Waals surface area contributed by atoms with Gasteiger partial charge in [-0.25, -0.2) is 8.42 Å². The van der Waals surface area contributed by atoms with E-state index in [0.29, 0.717) is 10.6 Å². The molecule has 0 heterocycles. The van der Waals surface area contributed by atoms with Gasteiger partial charge in [0.15, 0.2) is 0 Å². The molecule has 1 aromatic rings. The van der Waals surface area contributed by atoms with Crippen molar-refractivity contribution in [2.24, 2.45) is 0 Å². The van der Waals surface area contributed by atoms with Gasteiger partial charge in [-0.05, 0) is 44.5 Å². The summed E-state index contributed by atoms with van der Waals surface area (Å²) in [7, 11) is -3.85. The second-order valence-corrected chi connectivity index (χ2v) is 6.74. The van der Waals surface area contributed by atoms with Crippen molar-refractivity contribution in [2.75, 3.05) is 6.54 Å². The monoisotopic (exact) mass is 305 g/mol. The van der Waals surface area contributed by atoms with Gasteiger partial charge in [0.25, 0.3) is 0 Å². The lowest BCUT2D eigenvalue weighted by atomic mass is 10.2. The molecule has 0 saturated carbocycles. The van der Waals surface area contributed by atoms with Crippen molar-refractivity contribution in [3.05, 3.63) is 28.8 Å². The smallest absolute Gasteiger partial charge is 0.318 e. The second-order valence-electron chi connectivity index (χ2n) is 4.45. The first-order valence-corrected chi connectivity index (χ1v) is 7.48. The predicted molar refractivity (Wildman–Crippen MR) is 72.9 cm³/mol. The Morgan fingerprint density at radius 2 is 2.00 bits per heavy atom. The summed E-state index contributed by atoms with van der Waals surface area (Å²) < 4.78 is 25.9. The second kappa shape index (κ2) is 5.90. The third kappa shape index (κ3) is 3.68. The number of carboxylic acids is 1. The molecule has 1 rings (SSSR count). The Bertz CT molecular complexity index is 583. The lowest BCUT2D eigenvalue weighted by Crippen LogP contribution is -2.40. The number of rotatable bonds is 5. The molecule has 0 amide bonds. The van der Waals surface area contributed by atoms with Gasteiger partial charge in [0, 0.05) is 11.1 Å². The molecule has 1 aromatic carbocycles. The first-order chi connectivity index (χ1) is 8.66. The fraction of sp³-hybridized carbons (Fsp3) is 0.417. The van der Waals surface area contributed by atoms with Crippen LogP contribution in [0.4, 0.5) is 0 Å². The van der Waals surface area contributed by atoms with E-state index in [2.05, 4.69) is 0 Å². The molecular weight excluding hydrogens is 290 g/mol. The number of carbonyl (C=O) groups is 1. The molecule has 0 fully saturated rings. The van der Waals surface area contributed by atoms with Crippen LogP contribution in [0.15, 0.2) is 23.1 Å². The number of nitrogens with zero attached hydrogens (tertiary/aromatic N) is 1. The van der Waals surface area contributed by atoms with Gasteiger partial charge in [0.2, 0.25) is 10.0 Å². The normalized spacial score (nSPS) is 12.1. The van der Waals surface area contributed by atoms with Gasteiger partial charge in [-0.15, -0.1) is 0 Å². The van der Waals surface area contributed by atoms with E-state index in [-0.39, 0.29) is 4.90 Å². The van der Waals surface area contributed by atoms with E-state index in [1.165, 1.54) is 18.2 Å². The van der Waals surface area contributed by atoms with Crippen molar-refractivity contribution in [3.63, 3.8) is 0 Å². The number of benzene rings is 1. The molecule has 0 aliphatic heterocycles. The minimum atomic E-state index is -3.85. The van der Waals surface area contributed by atoms with Gasteiger partial charge in [-0.2, -0.15) is 4.31 Å². The molecule has 19 heavy (non-hydrogen) atoms. The highest BCUT2D eigenvalue weighted by molar-refractivity contribution is 7.89. The Morgan fingerprint density at radius 1 is 1.42 bits per heavy atom. The van der Waals surface area contributed by atoms with Gasteiger partial charge in [-0.3, -0.25) is 4.79 Å². The third-order valence-corrected chi connectivity index (χ3v) is 5.01. The highest BCUT2D eigenvalue weighted by Crippen LogP contribution is 2.24. The van der Waals surface area contributed by atoms with Crippen molar-refractivity contribution >= 4 is 27.6 Å². The average molecular weight is 306 g/mol. The molecule has 7 heteroatoms. The molecule has 0 spiro atoms. The Morgan fingerprint density at radius 3 is 2.42 bits per heavy atom. The number of hydrogen-bond acceptors (Lipinski definition) is 3. The quantitative estimate of drug-likeness (QED) is 0.904. The number of aliphatic carboxylic acids is 1. The molecular formula is C12H16ClNO4S. The zero-order chi connectivity index (χ0) is 14.8. The van der Waals surface area contributed by atoms with Crippen LogP contribution in [0.25, 0.3) is 0 Å². The number of aryl methyl sites for hydroxylation is 1. The largest absolute Gasteiger partial charge is 0.480 e. The molecule has 0 unspecified atom stereocenters. The molecule has 0 atom stereocenters. The van der Waals surface area contributed by atoms with Crippen LogP contribution in [0, 0.1) is 6.92 Å². The van der Waals surface area contributed by atoms with Crippen LogP contribution in [0.5, 0.6) is 0 Å². The Balaban J connectivity index is 3.30. The molecule has 0 bridgehead atoms. The predicted octanol–water partition coefficient (Wildman–Crippen LogP) is 2.13. The summed E-state index contributed by atoms with van der Waals surface area (Å²) in [4.78, 5) is 10.9. The minimum Gasteiger partial charge on any atom is -0.480 e. The van der Waals surface area contributed by atoms with Gasteiger partial charge < -0.3 is 5.11 Å². The molecule has 0 saturated heterocycles. The summed E-state index contributed by atoms with van der Waals surface area (Å²) in [6.45, 7) is 4.32. The van der Waals surface area contributed by atoms with Crippen LogP contribution in [-0.2, 0) is 14.8 Å². The van der Waals surface area contributed by atoms with E-state index in [0.717, 1.165) is 4.31 Å². The van der Waals surface area contributed by atoms with Crippen molar-refractivity contribution in [3.8, 4) is 0 Å². The Hall–Kier alpha value is -1.11. The van der Waals surface area contributed by atoms with Crippen molar-refractivity contribution < 1.29 is 18.3 Å². The van der Waals surface area contributed by atoms with E-state index in [1.807, 2.05) is 0 Å². The van der Waals surface area contributed by atoms with Crippen molar-refractivity contribution in [1.29, 1.82) is 0 Å². The van der Waals surface area contributed by atoms with Crippen LogP contribution in [0.1, 0.15) is 19.4 Å². The zero-order valence-electron chi connectivity index (χ0n) is 10.9. The van der Waals surface area contributed by atoms with E-state index < -0.39 is 28.6 Å². The number of sulfonamides is 1. The van der Waals surface area contributed by atoms with Gasteiger partial charge >= 0.3 is 5.97 Å². The van der Waals surface area contributed by atoms with Crippen molar-refractivity contribution in [2.45, 2.75) is 31.7 Å². The molecule has 0 aromatic heterocycles. The summed E-state index contributed by atoms with van der Waals surface area (Å²) in [5.74, 6) is -1.19. The summed E-state index contributed by atoms with van der Waals surface area (Å²) in [6.07, 6.45) is 0. The van der Waals surface area contributed by atoms with Gasteiger partial charge in [0.1, 0.15) is 6.54 Å². The van der Waals surface area contributed by atoms with Crippen molar-refractivity contribution in [1.82, 2.24) is 4.31 Å². The van der Waals surface area contributed by atoms with Crippen LogP contribution < -0.4 is 0 Å². The maximum Gasteiger partial charge on any atom is 0.318 e. The Kier molecular flexibility index (Phi) is 4.95.